The summed E-state index contributed by atoms with van der Waals surface area (Å²) in [7, 11) is 0. The third kappa shape index (κ3) is 10.2. The Bertz CT molecular complexity index is 2020. The maximum Gasteiger partial charge on any atom is 0.142 e. The van der Waals surface area contributed by atoms with E-state index in [9.17, 15) is 10.4 Å². The van der Waals surface area contributed by atoms with Gasteiger partial charge in [-0.05, 0) is 77.1 Å². The molecule has 0 aliphatic carbocycles. The molecule has 0 aliphatic rings. The van der Waals surface area contributed by atoms with E-state index in [1.54, 1.807) is 24.4 Å². The van der Waals surface area contributed by atoms with Gasteiger partial charge < -0.3 is 35.1 Å². The molecule has 0 saturated carbocycles. The first-order chi connectivity index (χ1) is 25.3. The first kappa shape index (κ1) is 38.6. The molecule has 0 fully saturated rings. The minimum atomic E-state index is 0.00301. The number of pyridine rings is 1. The van der Waals surface area contributed by atoms with E-state index in [1.165, 1.54) is 6.20 Å². The van der Waals surface area contributed by atoms with E-state index in [0.29, 0.717) is 65.6 Å². The Hall–Kier alpha value is -4.66. The average molecular weight is 742 g/mol. The molecule has 0 radical (unpaired) electrons. The highest BCUT2D eigenvalue weighted by Crippen LogP contribution is 2.36. The Morgan fingerprint density at radius 2 is 1.27 bits per heavy atom. The number of nitriles is 1. The Balaban J connectivity index is 1.31. The Morgan fingerprint density at radius 3 is 1.90 bits per heavy atom. The van der Waals surface area contributed by atoms with Crippen molar-refractivity contribution >= 4 is 23.2 Å². The zero-order valence-corrected chi connectivity index (χ0v) is 30.7. The van der Waals surface area contributed by atoms with Crippen molar-refractivity contribution in [2.45, 2.75) is 46.8 Å². The molecule has 0 atom stereocenters. The molecule has 4 aromatic carbocycles. The highest BCUT2D eigenvalue weighted by molar-refractivity contribution is 6.32. The molecule has 0 bridgehead atoms. The van der Waals surface area contributed by atoms with Crippen LogP contribution in [0.5, 0.6) is 17.2 Å². The van der Waals surface area contributed by atoms with Crippen LogP contribution in [0.15, 0.2) is 85.2 Å². The highest BCUT2D eigenvalue weighted by Gasteiger charge is 2.15. The zero-order valence-electron chi connectivity index (χ0n) is 29.2. The lowest BCUT2D eigenvalue weighted by Gasteiger charge is -2.18. The van der Waals surface area contributed by atoms with E-state index < -0.39 is 0 Å². The van der Waals surface area contributed by atoms with Gasteiger partial charge in [-0.2, -0.15) is 5.26 Å². The molecule has 9 nitrogen and oxygen atoms in total. The summed E-state index contributed by atoms with van der Waals surface area (Å²) in [4.78, 5) is 4.12. The van der Waals surface area contributed by atoms with Crippen molar-refractivity contribution in [2.75, 3.05) is 26.3 Å². The number of halogens is 2. The number of benzene rings is 4. The van der Waals surface area contributed by atoms with Crippen molar-refractivity contribution in [3.05, 3.63) is 140 Å². The molecule has 0 aliphatic heterocycles. The van der Waals surface area contributed by atoms with Crippen LogP contribution >= 0.6 is 23.2 Å². The van der Waals surface area contributed by atoms with Gasteiger partial charge in [0.2, 0.25) is 0 Å². The Morgan fingerprint density at radius 1 is 0.654 bits per heavy atom. The van der Waals surface area contributed by atoms with Crippen LogP contribution in [0.2, 0.25) is 10.0 Å². The average Bonchev–Trinajstić information content (AvgIpc) is 3.15. The minimum absolute atomic E-state index is 0.00301. The van der Waals surface area contributed by atoms with Gasteiger partial charge >= 0.3 is 0 Å². The molecule has 270 valence electrons. The van der Waals surface area contributed by atoms with Crippen LogP contribution < -0.4 is 24.8 Å². The third-order valence-electron chi connectivity index (χ3n) is 8.60. The Kier molecular flexibility index (Phi) is 14.3. The van der Waals surface area contributed by atoms with Crippen LogP contribution in [-0.2, 0) is 32.9 Å². The molecule has 0 unspecified atom stereocenters. The normalized spacial score (nSPS) is 10.9. The zero-order chi connectivity index (χ0) is 36.9. The maximum atomic E-state index is 9.26. The van der Waals surface area contributed by atoms with Gasteiger partial charge in [-0.1, -0.05) is 65.7 Å². The molecule has 4 N–H and O–H groups in total. The number of nitrogens with zero attached hydrogens (tertiary/aromatic N) is 2. The first-order valence-electron chi connectivity index (χ1n) is 16.9. The fraction of sp³-hybridized carbons (Fsp3) is 0.268. The molecule has 1 heterocycles. The number of nitrogens with one attached hydrogen (secondary N) is 2. The second kappa shape index (κ2) is 19.3. The number of aromatic nitrogens is 1. The number of hydrogen-bond donors (Lipinski definition) is 4. The smallest absolute Gasteiger partial charge is 0.142 e. The fourth-order valence-electron chi connectivity index (χ4n) is 5.71. The number of ether oxygens (including phenoxy) is 3. The van der Waals surface area contributed by atoms with Gasteiger partial charge in [-0.25, -0.2) is 0 Å². The van der Waals surface area contributed by atoms with E-state index in [0.717, 1.165) is 50.1 Å². The number of aliphatic hydroxyl groups excluding tert-OH is 2. The Labute approximate surface area is 314 Å². The summed E-state index contributed by atoms with van der Waals surface area (Å²) in [6, 6.07) is 25.5. The summed E-state index contributed by atoms with van der Waals surface area (Å²) < 4.78 is 18.7. The number of hydrogen-bond acceptors (Lipinski definition) is 9. The quantitative estimate of drug-likeness (QED) is 0.0678. The van der Waals surface area contributed by atoms with Crippen molar-refractivity contribution in [3.63, 3.8) is 0 Å². The van der Waals surface area contributed by atoms with Gasteiger partial charge in [0.1, 0.15) is 43.1 Å². The molecule has 5 rings (SSSR count). The monoisotopic (exact) mass is 740 g/mol. The van der Waals surface area contributed by atoms with E-state index in [1.807, 2.05) is 36.4 Å². The van der Waals surface area contributed by atoms with Crippen molar-refractivity contribution in [1.29, 1.82) is 5.26 Å². The highest BCUT2D eigenvalue weighted by atomic mass is 35.5. The van der Waals surface area contributed by atoms with Crippen LogP contribution in [0.1, 0.15) is 44.5 Å². The number of aliphatic hydroxyl groups is 2. The van der Waals surface area contributed by atoms with Crippen LogP contribution in [0, 0.1) is 25.2 Å². The second-order valence-electron chi connectivity index (χ2n) is 12.2. The summed E-state index contributed by atoms with van der Waals surface area (Å²) in [6.07, 6.45) is 3.16. The summed E-state index contributed by atoms with van der Waals surface area (Å²) in [5, 5.41) is 34.8. The molecule has 0 saturated heterocycles. The third-order valence-corrected chi connectivity index (χ3v) is 9.19. The van der Waals surface area contributed by atoms with E-state index in [-0.39, 0.29) is 26.4 Å². The maximum absolute atomic E-state index is 9.26. The van der Waals surface area contributed by atoms with E-state index >= 15 is 0 Å². The molecule has 0 spiro atoms. The molecule has 1 aromatic heterocycles. The van der Waals surface area contributed by atoms with Gasteiger partial charge in [0, 0.05) is 55.8 Å². The predicted molar refractivity (Wildman–Crippen MR) is 204 cm³/mol. The van der Waals surface area contributed by atoms with Gasteiger partial charge in [0.05, 0.1) is 28.8 Å². The molecular weight excluding hydrogens is 699 g/mol. The second-order valence-corrected chi connectivity index (χ2v) is 13.0. The van der Waals surface area contributed by atoms with Gasteiger partial charge in [-0.15, -0.1) is 0 Å². The van der Waals surface area contributed by atoms with Crippen LogP contribution in [0.25, 0.3) is 11.1 Å². The van der Waals surface area contributed by atoms with E-state index in [4.69, 9.17) is 42.5 Å². The standard InChI is InChI=1S/C41H42Cl2N4O5/c1-27-32(25-51-39-10-9-29(16-37(39)42)20-45-11-13-48)5-3-7-35(27)36-8-4-6-33(28(36)2)26-52-41-18-40(34(17-38(41)43)23-46-12-14-49)50-24-31-15-30(19-44)21-47-22-31/h3-10,15-18,21-22,45-46,48-49H,11-14,20,23-26H2,1-2H3. The van der Waals surface area contributed by atoms with Crippen molar-refractivity contribution < 1.29 is 24.4 Å². The molecule has 5 aromatic rings. The minimum Gasteiger partial charge on any atom is -0.488 e. The lowest BCUT2D eigenvalue weighted by Crippen LogP contribution is -2.18. The molecule has 0 amide bonds. The molecular formula is C41H42Cl2N4O5. The number of rotatable bonds is 18. The first-order valence-corrected chi connectivity index (χ1v) is 17.7. The predicted octanol–water partition coefficient (Wildman–Crippen LogP) is 7.44. The van der Waals surface area contributed by atoms with Crippen molar-refractivity contribution in [3.8, 4) is 34.4 Å². The topological polar surface area (TPSA) is 129 Å². The fourth-order valence-corrected chi connectivity index (χ4v) is 6.21. The lowest BCUT2D eigenvalue weighted by molar-refractivity contribution is 0.282. The largest absolute Gasteiger partial charge is 0.488 e. The van der Waals surface area contributed by atoms with E-state index in [2.05, 4.69) is 53.7 Å². The lowest BCUT2D eigenvalue weighted by atomic mass is 9.92. The van der Waals surface area contributed by atoms with Crippen LogP contribution in [0.4, 0.5) is 0 Å². The van der Waals surface area contributed by atoms with Crippen LogP contribution in [-0.4, -0.2) is 41.5 Å². The summed E-state index contributed by atoms with van der Waals surface area (Å²) in [5.74, 6) is 1.65. The molecule has 52 heavy (non-hydrogen) atoms. The summed E-state index contributed by atoms with van der Waals surface area (Å²) >= 11 is 13.3. The summed E-state index contributed by atoms with van der Waals surface area (Å²) in [5.41, 5.74) is 9.46. The van der Waals surface area contributed by atoms with Crippen molar-refractivity contribution in [1.82, 2.24) is 15.6 Å². The van der Waals surface area contributed by atoms with Crippen LogP contribution in [0.3, 0.4) is 0 Å². The SMILES string of the molecule is Cc1c(COc2ccc(CNCCO)cc2Cl)cccc1-c1cccc(COc2cc(OCc3cncc(C#N)c3)c(CNCCO)cc2Cl)c1C. The summed E-state index contributed by atoms with van der Waals surface area (Å²) in [6.45, 7) is 7.09. The van der Waals surface area contributed by atoms with Gasteiger partial charge in [0.25, 0.3) is 0 Å². The van der Waals surface area contributed by atoms with Gasteiger partial charge in [-0.3, -0.25) is 4.98 Å². The molecule has 11 heteroatoms. The van der Waals surface area contributed by atoms with Crippen molar-refractivity contribution in [2.24, 2.45) is 0 Å². The van der Waals surface area contributed by atoms with Gasteiger partial charge in [0.15, 0.2) is 0 Å².